The monoisotopic (exact) mass is 323 g/mol. The molecule has 5 heteroatoms. The lowest BCUT2D eigenvalue weighted by Gasteiger charge is -2.02. The Morgan fingerprint density at radius 2 is 2.29 bits per heavy atom. The average Bonchev–Trinajstić information content (AvgIpc) is 2.21. The van der Waals surface area contributed by atoms with Crippen molar-refractivity contribution in [1.82, 2.24) is 0 Å². The second kappa shape index (κ2) is 4.71. The van der Waals surface area contributed by atoms with E-state index in [2.05, 4.69) is 0 Å². The predicted molar refractivity (Wildman–Crippen MR) is 58.9 cm³/mol. The Balaban J connectivity index is 3.33. The smallest absolute Gasteiger partial charge is 0.180 e. The summed E-state index contributed by atoms with van der Waals surface area (Å²) in [7, 11) is 0. The Kier molecular flexibility index (Phi) is 3.84. The van der Waals surface area contributed by atoms with E-state index in [0.29, 0.717) is 0 Å². The lowest BCUT2D eigenvalue weighted by atomic mass is 10.1. The summed E-state index contributed by atoms with van der Waals surface area (Å²) in [5.41, 5.74) is 0.151. The van der Waals surface area contributed by atoms with Crippen molar-refractivity contribution in [2.45, 2.75) is 0 Å². The number of carbonyl (C=O) groups is 1. The second-order valence-corrected chi connectivity index (χ2v) is 3.80. The molecule has 0 aliphatic rings. The van der Waals surface area contributed by atoms with E-state index in [1.807, 2.05) is 6.07 Å². The summed E-state index contributed by atoms with van der Waals surface area (Å²) in [6, 6.07) is 4.51. The van der Waals surface area contributed by atoms with Gasteiger partial charge in [-0.1, -0.05) is 0 Å². The van der Waals surface area contributed by atoms with Crippen molar-refractivity contribution in [2.24, 2.45) is 0 Å². The van der Waals surface area contributed by atoms with Crippen LogP contribution in [0.5, 0.6) is 0 Å². The van der Waals surface area contributed by atoms with Gasteiger partial charge in [0, 0.05) is 0 Å². The van der Waals surface area contributed by atoms with Crippen LogP contribution in [-0.4, -0.2) is 11.7 Å². The number of benzene rings is 1. The van der Waals surface area contributed by atoms with Crippen LogP contribution in [-0.2, 0) is 0 Å². The maximum Gasteiger partial charge on any atom is 0.180 e. The Morgan fingerprint density at radius 3 is 2.79 bits per heavy atom. The molecule has 1 aromatic carbocycles. The largest absolute Gasteiger partial charge is 0.293 e. The molecule has 0 amide bonds. The summed E-state index contributed by atoms with van der Waals surface area (Å²) in [5.74, 6) is -1.42. The molecule has 0 spiro atoms. The van der Waals surface area contributed by atoms with Crippen LogP contribution in [0.25, 0.3) is 0 Å². The van der Waals surface area contributed by atoms with Gasteiger partial charge in [-0.3, -0.25) is 4.79 Å². The van der Waals surface area contributed by atoms with E-state index in [0.717, 1.165) is 0 Å². The van der Waals surface area contributed by atoms with Gasteiger partial charge in [0.1, 0.15) is 11.9 Å². The molecule has 0 aliphatic heterocycles. The van der Waals surface area contributed by atoms with E-state index in [4.69, 9.17) is 16.9 Å². The molecule has 2 nitrogen and oxygen atoms in total. The van der Waals surface area contributed by atoms with Crippen molar-refractivity contribution in [3.63, 3.8) is 0 Å². The maximum absolute atomic E-state index is 13.4. The first-order chi connectivity index (χ1) is 6.61. The minimum atomic E-state index is -0.671. The molecule has 0 atom stereocenters. The first-order valence-electron chi connectivity index (χ1n) is 3.59. The van der Waals surface area contributed by atoms with Crippen LogP contribution in [0, 0.1) is 20.7 Å². The highest BCUT2D eigenvalue weighted by Crippen LogP contribution is 2.20. The SMILES string of the molecule is N#Cc1ccc(C(=O)CCl)c(F)c1I. The number of alkyl halides is 1. The summed E-state index contributed by atoms with van der Waals surface area (Å²) < 4.78 is 13.6. The third-order valence-electron chi connectivity index (χ3n) is 1.62. The zero-order valence-electron chi connectivity index (χ0n) is 6.85. The predicted octanol–water partition coefficient (Wildman–Crippen LogP) is 2.72. The molecule has 72 valence electrons. The zero-order chi connectivity index (χ0) is 10.7. The van der Waals surface area contributed by atoms with Crippen molar-refractivity contribution in [2.75, 3.05) is 5.88 Å². The molecule has 0 saturated carbocycles. The van der Waals surface area contributed by atoms with Gasteiger partial charge in [-0.2, -0.15) is 5.26 Å². The number of carbonyl (C=O) groups excluding carboxylic acids is 1. The minimum Gasteiger partial charge on any atom is -0.293 e. The third-order valence-corrected chi connectivity index (χ3v) is 2.92. The van der Waals surface area contributed by atoms with Gasteiger partial charge in [0.2, 0.25) is 0 Å². The summed E-state index contributed by atoms with van der Waals surface area (Å²) >= 11 is 6.99. The van der Waals surface area contributed by atoms with Crippen LogP contribution in [0.4, 0.5) is 4.39 Å². The standard InChI is InChI=1S/C9H4ClFINO/c10-3-7(14)6-2-1-5(4-13)9(12)8(6)11/h1-2H,3H2. The molecule has 0 bridgehead atoms. The lowest BCUT2D eigenvalue weighted by Crippen LogP contribution is -2.06. The molecule has 1 rings (SSSR count). The number of ketones is 1. The number of nitrogens with zero attached hydrogens (tertiary/aromatic N) is 1. The van der Waals surface area contributed by atoms with Gasteiger partial charge in [-0.25, -0.2) is 4.39 Å². The first kappa shape index (κ1) is 11.4. The third kappa shape index (κ3) is 2.04. The Morgan fingerprint density at radius 1 is 1.64 bits per heavy atom. The number of hydrogen-bond acceptors (Lipinski definition) is 2. The van der Waals surface area contributed by atoms with Crippen LogP contribution in [0.15, 0.2) is 12.1 Å². The molecule has 0 saturated heterocycles. The fourth-order valence-electron chi connectivity index (χ4n) is 0.923. The molecular formula is C9H4ClFINO. The van der Waals surface area contributed by atoms with E-state index < -0.39 is 11.6 Å². The fourth-order valence-corrected chi connectivity index (χ4v) is 1.66. The average molecular weight is 323 g/mol. The molecule has 0 aromatic heterocycles. The van der Waals surface area contributed by atoms with Crippen molar-refractivity contribution >= 4 is 40.0 Å². The summed E-state index contributed by atoms with van der Waals surface area (Å²) in [5, 5.41) is 8.60. The molecule has 14 heavy (non-hydrogen) atoms. The van der Waals surface area contributed by atoms with E-state index >= 15 is 0 Å². The molecule has 0 radical (unpaired) electrons. The molecule has 0 N–H and O–H groups in total. The van der Waals surface area contributed by atoms with Crippen molar-refractivity contribution in [3.8, 4) is 6.07 Å². The van der Waals surface area contributed by atoms with Crippen LogP contribution >= 0.6 is 34.2 Å². The topological polar surface area (TPSA) is 40.9 Å². The Labute approximate surface area is 98.8 Å². The van der Waals surface area contributed by atoms with Crippen molar-refractivity contribution in [3.05, 3.63) is 32.6 Å². The number of nitriles is 1. The van der Waals surface area contributed by atoms with Gasteiger partial charge in [0.05, 0.1) is 20.6 Å². The second-order valence-electron chi connectivity index (χ2n) is 2.46. The van der Waals surface area contributed by atoms with Crippen molar-refractivity contribution in [1.29, 1.82) is 5.26 Å². The molecule has 0 heterocycles. The highest BCUT2D eigenvalue weighted by atomic mass is 127. The number of halogens is 3. The summed E-state index contributed by atoms with van der Waals surface area (Å²) in [4.78, 5) is 11.1. The Bertz CT molecular complexity index is 428. The van der Waals surface area contributed by atoms with E-state index in [9.17, 15) is 9.18 Å². The van der Waals surface area contributed by atoms with E-state index in [1.165, 1.54) is 12.1 Å². The molecule has 1 aromatic rings. The van der Waals surface area contributed by atoms with Gasteiger partial charge in [-0.05, 0) is 34.7 Å². The van der Waals surface area contributed by atoms with Crippen molar-refractivity contribution < 1.29 is 9.18 Å². The highest BCUT2D eigenvalue weighted by molar-refractivity contribution is 14.1. The van der Waals surface area contributed by atoms with Gasteiger partial charge in [-0.15, -0.1) is 11.6 Å². The molecule has 0 unspecified atom stereocenters. The van der Waals surface area contributed by atoms with Crippen LogP contribution in [0.3, 0.4) is 0 Å². The van der Waals surface area contributed by atoms with Gasteiger partial charge < -0.3 is 0 Å². The van der Waals surface area contributed by atoms with Crippen LogP contribution in [0.2, 0.25) is 0 Å². The fraction of sp³-hybridized carbons (Fsp3) is 0.111. The lowest BCUT2D eigenvalue weighted by molar-refractivity contribution is 0.101. The zero-order valence-corrected chi connectivity index (χ0v) is 9.76. The van der Waals surface area contributed by atoms with Crippen LogP contribution < -0.4 is 0 Å². The number of Topliss-reactive ketones (excluding diaryl/α,β-unsaturated/α-hetero) is 1. The molecular weight excluding hydrogens is 319 g/mol. The molecule has 0 fully saturated rings. The first-order valence-corrected chi connectivity index (χ1v) is 5.20. The summed E-state index contributed by atoms with van der Waals surface area (Å²) in [6.07, 6.45) is 0. The maximum atomic E-state index is 13.4. The van der Waals surface area contributed by atoms with Crippen LogP contribution in [0.1, 0.15) is 15.9 Å². The quantitative estimate of drug-likeness (QED) is 0.477. The van der Waals surface area contributed by atoms with Gasteiger partial charge in [0.25, 0.3) is 0 Å². The van der Waals surface area contributed by atoms with E-state index in [-0.39, 0.29) is 20.6 Å². The minimum absolute atomic E-state index is 0.0663. The van der Waals surface area contributed by atoms with Gasteiger partial charge in [0.15, 0.2) is 5.78 Å². The number of hydrogen-bond donors (Lipinski definition) is 0. The van der Waals surface area contributed by atoms with Gasteiger partial charge >= 0.3 is 0 Å². The Hall–Kier alpha value is -0.670. The van der Waals surface area contributed by atoms with E-state index in [1.54, 1.807) is 22.6 Å². The number of rotatable bonds is 2. The summed E-state index contributed by atoms with van der Waals surface area (Å²) in [6.45, 7) is 0. The normalized spacial score (nSPS) is 9.57. The highest BCUT2D eigenvalue weighted by Gasteiger charge is 2.15. The molecule has 0 aliphatic carbocycles.